The van der Waals surface area contributed by atoms with Crippen LogP contribution in [0.25, 0.3) is 11.4 Å². The lowest BCUT2D eigenvalue weighted by molar-refractivity contribution is 0.0687. The number of ether oxygens (including phenoxy) is 1. The number of aliphatic hydroxyl groups excluding tert-OH is 1. The Morgan fingerprint density at radius 3 is 2.71 bits per heavy atom. The van der Waals surface area contributed by atoms with Crippen molar-refractivity contribution >= 4 is 5.97 Å². The number of carboxylic acids is 1. The van der Waals surface area contributed by atoms with Crippen molar-refractivity contribution in [1.29, 1.82) is 0 Å². The zero-order valence-corrected chi connectivity index (χ0v) is 11.6. The Hall–Kier alpha value is -2.34. The Labute approximate surface area is 121 Å². The number of fused-ring (bicyclic) bond motifs is 1. The molecule has 6 heteroatoms. The molecule has 6 nitrogen and oxygen atoms in total. The van der Waals surface area contributed by atoms with Crippen molar-refractivity contribution in [2.24, 2.45) is 0 Å². The van der Waals surface area contributed by atoms with E-state index in [1.165, 1.54) is 0 Å². The second-order valence-electron chi connectivity index (χ2n) is 5.06. The molecule has 0 amide bonds. The van der Waals surface area contributed by atoms with Gasteiger partial charge in [-0.15, -0.1) is 0 Å². The smallest absolute Gasteiger partial charge is 0.356 e. The molecule has 0 bridgehead atoms. The van der Waals surface area contributed by atoms with Crippen LogP contribution in [0.4, 0.5) is 0 Å². The summed E-state index contributed by atoms with van der Waals surface area (Å²) in [7, 11) is 1.59. The summed E-state index contributed by atoms with van der Waals surface area (Å²) in [5.41, 5.74) is 1.45. The molecule has 0 fully saturated rings. The Morgan fingerprint density at radius 1 is 1.38 bits per heavy atom. The molecule has 3 rings (SSSR count). The minimum atomic E-state index is -1.06. The van der Waals surface area contributed by atoms with E-state index in [1.807, 2.05) is 28.8 Å². The highest BCUT2D eigenvalue weighted by molar-refractivity contribution is 5.88. The third-order valence-electron chi connectivity index (χ3n) is 3.74. The minimum absolute atomic E-state index is 0.0274. The van der Waals surface area contributed by atoms with Gasteiger partial charge in [0.1, 0.15) is 11.6 Å². The number of carbonyl (C=O) groups is 1. The van der Waals surface area contributed by atoms with Gasteiger partial charge >= 0.3 is 5.97 Å². The molecular weight excluding hydrogens is 272 g/mol. The van der Waals surface area contributed by atoms with Crippen molar-refractivity contribution in [2.45, 2.75) is 25.5 Å². The van der Waals surface area contributed by atoms with E-state index in [4.69, 9.17) is 4.74 Å². The maximum absolute atomic E-state index is 11.3. The third-order valence-corrected chi connectivity index (χ3v) is 3.74. The summed E-state index contributed by atoms with van der Waals surface area (Å²) >= 11 is 0. The van der Waals surface area contributed by atoms with E-state index < -0.39 is 12.1 Å². The fourth-order valence-electron chi connectivity index (χ4n) is 2.67. The first-order chi connectivity index (χ1) is 10.1. The second kappa shape index (κ2) is 5.21. The number of aromatic carboxylic acids is 1. The van der Waals surface area contributed by atoms with Crippen molar-refractivity contribution < 1.29 is 19.7 Å². The van der Waals surface area contributed by atoms with Crippen LogP contribution in [0.5, 0.6) is 5.75 Å². The first-order valence-electron chi connectivity index (χ1n) is 6.75. The molecule has 1 atom stereocenters. The van der Waals surface area contributed by atoms with Gasteiger partial charge in [-0.1, -0.05) is 0 Å². The van der Waals surface area contributed by atoms with Gasteiger partial charge in [0.15, 0.2) is 5.69 Å². The summed E-state index contributed by atoms with van der Waals surface area (Å²) in [5.74, 6) is 0.294. The topological polar surface area (TPSA) is 84.6 Å². The molecule has 0 saturated heterocycles. The van der Waals surface area contributed by atoms with Gasteiger partial charge in [0.25, 0.3) is 0 Å². The molecule has 1 aromatic carbocycles. The number of carboxylic acid groups (broad SMARTS) is 1. The van der Waals surface area contributed by atoms with E-state index in [2.05, 4.69) is 4.98 Å². The van der Waals surface area contributed by atoms with Crippen LogP contribution >= 0.6 is 0 Å². The normalized spacial score (nSPS) is 17.3. The van der Waals surface area contributed by atoms with Gasteiger partial charge in [-0.25, -0.2) is 9.78 Å². The molecule has 2 N–H and O–H groups in total. The fourth-order valence-corrected chi connectivity index (χ4v) is 2.67. The molecule has 2 heterocycles. The van der Waals surface area contributed by atoms with E-state index in [0.29, 0.717) is 30.9 Å². The first-order valence-corrected chi connectivity index (χ1v) is 6.75. The molecule has 0 radical (unpaired) electrons. The number of rotatable bonds is 3. The number of hydrogen-bond acceptors (Lipinski definition) is 4. The SMILES string of the molecule is COc1ccc(-c2nc(C(=O)O)c3n2CCC(O)C3)cc1. The lowest BCUT2D eigenvalue weighted by Gasteiger charge is -2.21. The predicted molar refractivity (Wildman–Crippen MR) is 75.5 cm³/mol. The number of nitrogens with zero attached hydrogens (tertiary/aromatic N) is 2. The lowest BCUT2D eigenvalue weighted by Crippen LogP contribution is -2.24. The van der Waals surface area contributed by atoms with Gasteiger partial charge < -0.3 is 19.5 Å². The van der Waals surface area contributed by atoms with Crippen LogP contribution in [0, 0.1) is 0 Å². The van der Waals surface area contributed by atoms with Gasteiger partial charge in [0.05, 0.1) is 18.9 Å². The van der Waals surface area contributed by atoms with Gasteiger partial charge in [-0.05, 0) is 30.7 Å². The third kappa shape index (κ3) is 2.38. The van der Waals surface area contributed by atoms with Gasteiger partial charge in [0, 0.05) is 18.5 Å². The second-order valence-corrected chi connectivity index (χ2v) is 5.06. The maximum Gasteiger partial charge on any atom is 0.356 e. The average Bonchev–Trinajstić information content (AvgIpc) is 2.86. The monoisotopic (exact) mass is 288 g/mol. The van der Waals surface area contributed by atoms with E-state index in [0.717, 1.165) is 11.3 Å². The fraction of sp³-hybridized carbons (Fsp3) is 0.333. The van der Waals surface area contributed by atoms with Crippen molar-refractivity contribution in [3.63, 3.8) is 0 Å². The van der Waals surface area contributed by atoms with Crippen LogP contribution < -0.4 is 4.74 Å². The molecule has 0 saturated carbocycles. The molecular formula is C15H16N2O4. The quantitative estimate of drug-likeness (QED) is 0.895. The Bertz CT molecular complexity index is 676. The minimum Gasteiger partial charge on any atom is -0.497 e. The first kappa shape index (κ1) is 13.6. The van der Waals surface area contributed by atoms with Gasteiger partial charge in [0.2, 0.25) is 0 Å². The molecule has 21 heavy (non-hydrogen) atoms. The summed E-state index contributed by atoms with van der Waals surface area (Å²) in [6.07, 6.45) is 0.423. The molecule has 0 aliphatic carbocycles. The van der Waals surface area contributed by atoms with Crippen molar-refractivity contribution in [3.05, 3.63) is 35.7 Å². The highest BCUT2D eigenvalue weighted by atomic mass is 16.5. The zero-order valence-electron chi connectivity index (χ0n) is 11.6. The van der Waals surface area contributed by atoms with E-state index >= 15 is 0 Å². The number of methoxy groups -OCH3 is 1. The summed E-state index contributed by atoms with van der Waals surface area (Å²) in [6.45, 7) is 0.568. The molecule has 0 spiro atoms. The zero-order chi connectivity index (χ0) is 15.0. The van der Waals surface area contributed by atoms with Gasteiger partial charge in [-0.3, -0.25) is 0 Å². The largest absolute Gasteiger partial charge is 0.497 e. The standard InChI is InChI=1S/C15H16N2O4/c1-21-11-4-2-9(3-5-11)14-16-13(15(19)20)12-8-10(18)6-7-17(12)14/h2-5,10,18H,6-8H2,1H3,(H,19,20). The van der Waals surface area contributed by atoms with Crippen LogP contribution in [0.15, 0.2) is 24.3 Å². The van der Waals surface area contributed by atoms with Crippen molar-refractivity contribution in [2.75, 3.05) is 7.11 Å². The Kier molecular flexibility index (Phi) is 3.39. The van der Waals surface area contributed by atoms with E-state index in [-0.39, 0.29) is 5.69 Å². The van der Waals surface area contributed by atoms with Crippen LogP contribution in [0.2, 0.25) is 0 Å². The van der Waals surface area contributed by atoms with Gasteiger partial charge in [-0.2, -0.15) is 0 Å². The van der Waals surface area contributed by atoms with Crippen LogP contribution in [0.1, 0.15) is 22.6 Å². The van der Waals surface area contributed by atoms with Crippen LogP contribution in [-0.2, 0) is 13.0 Å². The molecule has 2 aromatic rings. The highest BCUT2D eigenvalue weighted by Gasteiger charge is 2.27. The summed E-state index contributed by atoms with van der Waals surface area (Å²) in [6, 6.07) is 7.33. The summed E-state index contributed by atoms with van der Waals surface area (Å²) < 4.78 is 7.01. The molecule has 110 valence electrons. The summed E-state index contributed by atoms with van der Waals surface area (Å²) in [5, 5.41) is 19.1. The highest BCUT2D eigenvalue weighted by Crippen LogP contribution is 2.28. The predicted octanol–water partition coefficient (Wildman–Crippen LogP) is 1.56. The number of benzene rings is 1. The molecule has 1 unspecified atom stereocenters. The summed E-state index contributed by atoms with van der Waals surface area (Å²) in [4.78, 5) is 15.6. The van der Waals surface area contributed by atoms with E-state index in [9.17, 15) is 15.0 Å². The van der Waals surface area contributed by atoms with E-state index in [1.54, 1.807) is 7.11 Å². The molecule has 1 aliphatic heterocycles. The number of imidazole rings is 1. The maximum atomic E-state index is 11.3. The van der Waals surface area contributed by atoms with Crippen LogP contribution in [-0.4, -0.2) is 38.9 Å². The number of aromatic nitrogens is 2. The average molecular weight is 288 g/mol. The van der Waals surface area contributed by atoms with Crippen LogP contribution in [0.3, 0.4) is 0 Å². The van der Waals surface area contributed by atoms with Crippen molar-refractivity contribution in [1.82, 2.24) is 9.55 Å². The lowest BCUT2D eigenvalue weighted by atomic mass is 10.0. The van der Waals surface area contributed by atoms with Crippen molar-refractivity contribution in [3.8, 4) is 17.1 Å². The Morgan fingerprint density at radius 2 is 2.10 bits per heavy atom. The number of hydrogen-bond donors (Lipinski definition) is 2. The number of aliphatic hydroxyl groups is 1. The molecule has 1 aromatic heterocycles. The molecule has 1 aliphatic rings. The Balaban J connectivity index is 2.10.